The first-order chi connectivity index (χ1) is 9.08. The van der Waals surface area contributed by atoms with E-state index in [9.17, 15) is 9.59 Å². The van der Waals surface area contributed by atoms with E-state index in [4.69, 9.17) is 5.11 Å². The Hall–Kier alpha value is -1.91. The molecule has 104 valence electrons. The Morgan fingerprint density at radius 2 is 1.95 bits per heavy atom. The maximum Gasteiger partial charge on any atom is 0.354 e. The van der Waals surface area contributed by atoms with Crippen molar-refractivity contribution in [3.05, 3.63) is 24.0 Å². The van der Waals surface area contributed by atoms with Gasteiger partial charge in [-0.05, 0) is 25.0 Å². The monoisotopic (exact) mass is 264 g/mol. The van der Waals surface area contributed by atoms with Crippen LogP contribution < -0.4 is 5.32 Å². The highest BCUT2D eigenvalue weighted by Gasteiger charge is 2.17. The highest BCUT2D eigenvalue weighted by molar-refractivity contribution is 5.94. The third kappa shape index (κ3) is 4.69. The van der Waals surface area contributed by atoms with Crippen LogP contribution in [0, 0.1) is 5.92 Å². The number of anilines is 1. The second kappa shape index (κ2) is 7.51. The molecule has 0 aliphatic heterocycles. The number of aromatic carboxylic acids is 1. The van der Waals surface area contributed by atoms with Crippen LogP contribution in [0.25, 0.3) is 0 Å². The van der Waals surface area contributed by atoms with Gasteiger partial charge in [0.1, 0.15) is 5.69 Å². The molecule has 0 bridgehead atoms. The lowest BCUT2D eigenvalue weighted by atomic mass is 9.97. The number of nitrogens with one attached hydrogen (secondary N) is 1. The van der Waals surface area contributed by atoms with Gasteiger partial charge >= 0.3 is 5.97 Å². The Labute approximate surface area is 113 Å². The van der Waals surface area contributed by atoms with E-state index in [1.54, 1.807) is 6.07 Å². The van der Waals surface area contributed by atoms with Gasteiger partial charge in [-0.3, -0.25) is 4.79 Å². The van der Waals surface area contributed by atoms with E-state index in [2.05, 4.69) is 10.3 Å². The fourth-order valence-corrected chi connectivity index (χ4v) is 1.97. The van der Waals surface area contributed by atoms with E-state index in [1.807, 2.05) is 13.8 Å². The van der Waals surface area contributed by atoms with E-state index in [1.165, 1.54) is 12.3 Å². The lowest BCUT2D eigenvalue weighted by molar-refractivity contribution is -0.120. The zero-order valence-corrected chi connectivity index (χ0v) is 11.3. The van der Waals surface area contributed by atoms with Crippen LogP contribution >= 0.6 is 0 Å². The number of aromatic nitrogens is 1. The van der Waals surface area contributed by atoms with Crippen molar-refractivity contribution in [2.45, 2.75) is 39.5 Å². The average molecular weight is 264 g/mol. The summed E-state index contributed by atoms with van der Waals surface area (Å²) in [6, 6.07) is 2.97. The molecular formula is C14H20N2O3. The van der Waals surface area contributed by atoms with Crippen molar-refractivity contribution in [2.75, 3.05) is 5.32 Å². The van der Waals surface area contributed by atoms with Crippen LogP contribution in [0.1, 0.15) is 50.0 Å². The molecule has 0 aliphatic rings. The minimum absolute atomic E-state index is 0.0172. The molecule has 5 heteroatoms. The molecule has 0 aliphatic carbocycles. The van der Waals surface area contributed by atoms with Gasteiger partial charge in [0, 0.05) is 17.8 Å². The number of carbonyl (C=O) groups is 2. The lowest BCUT2D eigenvalue weighted by Gasteiger charge is -2.15. The summed E-state index contributed by atoms with van der Waals surface area (Å²) in [5.41, 5.74) is 0.412. The minimum atomic E-state index is -1.10. The molecule has 1 rings (SSSR count). The number of pyridine rings is 1. The van der Waals surface area contributed by atoms with E-state index in [-0.39, 0.29) is 17.5 Å². The predicted octanol–water partition coefficient (Wildman–Crippen LogP) is 2.93. The Morgan fingerprint density at radius 1 is 1.32 bits per heavy atom. The number of carboxylic acids is 1. The molecule has 0 radical (unpaired) electrons. The lowest BCUT2D eigenvalue weighted by Crippen LogP contribution is -2.23. The third-order valence-electron chi connectivity index (χ3n) is 2.89. The number of rotatable bonds is 7. The molecule has 0 atom stereocenters. The van der Waals surface area contributed by atoms with Crippen molar-refractivity contribution < 1.29 is 14.7 Å². The largest absolute Gasteiger partial charge is 0.477 e. The molecule has 0 fully saturated rings. The van der Waals surface area contributed by atoms with Gasteiger partial charge < -0.3 is 10.4 Å². The van der Waals surface area contributed by atoms with Crippen LogP contribution in [-0.4, -0.2) is 22.0 Å². The number of amides is 1. The molecule has 1 aromatic heterocycles. The third-order valence-corrected chi connectivity index (χ3v) is 2.89. The van der Waals surface area contributed by atoms with Crippen molar-refractivity contribution in [1.29, 1.82) is 0 Å². The van der Waals surface area contributed by atoms with Crippen LogP contribution in [0.5, 0.6) is 0 Å². The second-order valence-corrected chi connectivity index (χ2v) is 4.50. The van der Waals surface area contributed by atoms with E-state index >= 15 is 0 Å². The maximum atomic E-state index is 12.1. The Kier molecular flexibility index (Phi) is 5.99. The number of carboxylic acid groups (broad SMARTS) is 1. The van der Waals surface area contributed by atoms with Crippen LogP contribution in [-0.2, 0) is 4.79 Å². The molecule has 0 saturated carbocycles. The number of carbonyl (C=O) groups excluding carboxylic acids is 1. The maximum absolute atomic E-state index is 12.1. The minimum Gasteiger partial charge on any atom is -0.477 e. The van der Waals surface area contributed by atoms with Crippen molar-refractivity contribution in [3.63, 3.8) is 0 Å². The molecule has 19 heavy (non-hydrogen) atoms. The van der Waals surface area contributed by atoms with Crippen LogP contribution in [0.3, 0.4) is 0 Å². The molecule has 0 aromatic carbocycles. The number of nitrogens with zero attached hydrogens (tertiary/aromatic N) is 1. The van der Waals surface area contributed by atoms with Gasteiger partial charge in [-0.2, -0.15) is 0 Å². The summed E-state index contributed by atoms with van der Waals surface area (Å²) in [5, 5.41) is 11.6. The SMILES string of the molecule is CCCC(CCC)C(=O)Nc1ccnc(C(=O)O)c1. The molecule has 0 saturated heterocycles. The van der Waals surface area contributed by atoms with Gasteiger partial charge in [0.2, 0.25) is 5.91 Å². The summed E-state index contributed by atoms with van der Waals surface area (Å²) in [6.07, 6.45) is 4.98. The molecule has 1 amide bonds. The predicted molar refractivity (Wildman–Crippen MR) is 73.1 cm³/mol. The highest BCUT2D eigenvalue weighted by atomic mass is 16.4. The van der Waals surface area contributed by atoms with Crippen molar-refractivity contribution in [2.24, 2.45) is 5.92 Å². The summed E-state index contributed by atoms with van der Waals surface area (Å²) in [4.78, 5) is 26.6. The normalized spacial score (nSPS) is 10.5. The first kappa shape index (κ1) is 15.1. The molecular weight excluding hydrogens is 244 g/mol. The fraction of sp³-hybridized carbons (Fsp3) is 0.500. The van der Waals surface area contributed by atoms with Gasteiger partial charge in [-0.25, -0.2) is 9.78 Å². The number of hydrogen-bond donors (Lipinski definition) is 2. The first-order valence-electron chi connectivity index (χ1n) is 6.58. The Balaban J connectivity index is 2.74. The quantitative estimate of drug-likeness (QED) is 0.793. The average Bonchev–Trinajstić information content (AvgIpc) is 2.38. The molecule has 2 N–H and O–H groups in total. The van der Waals surface area contributed by atoms with Crippen molar-refractivity contribution >= 4 is 17.6 Å². The second-order valence-electron chi connectivity index (χ2n) is 4.50. The van der Waals surface area contributed by atoms with Crippen LogP contribution in [0.4, 0.5) is 5.69 Å². The molecule has 0 unspecified atom stereocenters. The van der Waals surface area contributed by atoms with E-state index in [0.29, 0.717) is 5.69 Å². The highest BCUT2D eigenvalue weighted by Crippen LogP contribution is 2.17. The molecule has 1 heterocycles. The molecule has 5 nitrogen and oxygen atoms in total. The van der Waals surface area contributed by atoms with Gasteiger partial charge in [-0.1, -0.05) is 26.7 Å². The molecule has 1 aromatic rings. The Morgan fingerprint density at radius 3 is 2.47 bits per heavy atom. The van der Waals surface area contributed by atoms with Gasteiger partial charge in [0.15, 0.2) is 0 Å². The van der Waals surface area contributed by atoms with E-state index < -0.39 is 5.97 Å². The first-order valence-corrected chi connectivity index (χ1v) is 6.58. The standard InChI is InChI=1S/C14H20N2O3/c1-3-5-10(6-4-2)13(17)16-11-7-8-15-12(9-11)14(18)19/h7-10H,3-6H2,1-2H3,(H,18,19)(H,15,16,17). The van der Waals surface area contributed by atoms with Crippen molar-refractivity contribution in [3.8, 4) is 0 Å². The smallest absolute Gasteiger partial charge is 0.354 e. The summed E-state index contributed by atoms with van der Waals surface area (Å²) >= 11 is 0. The summed E-state index contributed by atoms with van der Waals surface area (Å²) in [7, 11) is 0. The zero-order valence-electron chi connectivity index (χ0n) is 11.3. The number of hydrogen-bond acceptors (Lipinski definition) is 3. The van der Waals surface area contributed by atoms with Gasteiger partial charge in [0.05, 0.1) is 0 Å². The van der Waals surface area contributed by atoms with Crippen LogP contribution in [0.15, 0.2) is 18.3 Å². The summed E-state index contributed by atoms with van der Waals surface area (Å²) in [6.45, 7) is 4.09. The van der Waals surface area contributed by atoms with Gasteiger partial charge in [0.25, 0.3) is 0 Å². The fourth-order valence-electron chi connectivity index (χ4n) is 1.97. The Bertz CT molecular complexity index is 440. The zero-order chi connectivity index (χ0) is 14.3. The van der Waals surface area contributed by atoms with Crippen LogP contribution in [0.2, 0.25) is 0 Å². The summed E-state index contributed by atoms with van der Waals surface area (Å²) in [5.74, 6) is -1.17. The summed E-state index contributed by atoms with van der Waals surface area (Å²) < 4.78 is 0. The molecule has 0 spiro atoms. The van der Waals surface area contributed by atoms with E-state index in [0.717, 1.165) is 25.7 Å². The van der Waals surface area contributed by atoms with Crippen molar-refractivity contribution in [1.82, 2.24) is 4.98 Å². The van der Waals surface area contributed by atoms with Gasteiger partial charge in [-0.15, -0.1) is 0 Å². The topological polar surface area (TPSA) is 79.3 Å².